The van der Waals surface area contributed by atoms with E-state index in [9.17, 15) is 0 Å². The molecule has 2 aromatic heterocycles. The number of hydrogen-bond donors (Lipinski definition) is 2. The summed E-state index contributed by atoms with van der Waals surface area (Å²) in [7, 11) is 1.89. The molecule has 3 N–H and O–H groups in total. The van der Waals surface area contributed by atoms with Crippen LogP contribution in [0.5, 0.6) is 0 Å². The fourth-order valence-corrected chi connectivity index (χ4v) is 1.32. The summed E-state index contributed by atoms with van der Waals surface area (Å²) in [6.45, 7) is 1.88. The summed E-state index contributed by atoms with van der Waals surface area (Å²) in [5, 5.41) is 0. The van der Waals surface area contributed by atoms with Crippen LogP contribution in [0.25, 0.3) is 11.6 Å². The maximum atomic E-state index is 5.31. The number of aromatic nitrogens is 4. The molecule has 6 nitrogen and oxygen atoms in total. The molecule has 2 aromatic rings. The van der Waals surface area contributed by atoms with Gasteiger partial charge in [0.1, 0.15) is 5.82 Å². The molecule has 2 rings (SSSR count). The maximum absolute atomic E-state index is 5.31. The van der Waals surface area contributed by atoms with Gasteiger partial charge in [0.05, 0.1) is 0 Å². The van der Waals surface area contributed by atoms with Crippen molar-refractivity contribution in [1.82, 2.24) is 19.5 Å². The van der Waals surface area contributed by atoms with E-state index >= 15 is 0 Å². The number of nitrogens with one attached hydrogen (secondary N) is 1. The van der Waals surface area contributed by atoms with E-state index in [0.29, 0.717) is 11.6 Å². The molecule has 0 unspecified atom stereocenters. The minimum Gasteiger partial charge on any atom is -0.331 e. The smallest absolute Gasteiger partial charge is 0.198 e. The Morgan fingerprint density at radius 2 is 2.20 bits per heavy atom. The van der Waals surface area contributed by atoms with E-state index in [2.05, 4.69) is 20.4 Å². The van der Waals surface area contributed by atoms with Crippen molar-refractivity contribution in [1.29, 1.82) is 0 Å². The monoisotopic (exact) mass is 204 g/mol. The van der Waals surface area contributed by atoms with Crippen LogP contribution in [0.2, 0.25) is 0 Å². The molecule has 15 heavy (non-hydrogen) atoms. The van der Waals surface area contributed by atoms with Gasteiger partial charge in [-0.15, -0.1) is 0 Å². The summed E-state index contributed by atoms with van der Waals surface area (Å²) in [4.78, 5) is 12.7. The van der Waals surface area contributed by atoms with Gasteiger partial charge >= 0.3 is 0 Å². The van der Waals surface area contributed by atoms with Gasteiger partial charge in [-0.05, 0) is 6.92 Å². The molecule has 0 atom stereocenters. The van der Waals surface area contributed by atoms with Crippen molar-refractivity contribution < 1.29 is 0 Å². The first-order valence-electron chi connectivity index (χ1n) is 4.50. The second kappa shape index (κ2) is 3.66. The molecule has 6 heteroatoms. The van der Waals surface area contributed by atoms with E-state index < -0.39 is 0 Å². The largest absolute Gasteiger partial charge is 0.331 e. The van der Waals surface area contributed by atoms with E-state index in [-0.39, 0.29) is 0 Å². The zero-order valence-corrected chi connectivity index (χ0v) is 8.60. The van der Waals surface area contributed by atoms with Crippen LogP contribution in [0.3, 0.4) is 0 Å². The average molecular weight is 204 g/mol. The molecule has 0 aliphatic rings. The Balaban J connectivity index is 2.53. The van der Waals surface area contributed by atoms with E-state index in [1.807, 2.05) is 24.7 Å². The van der Waals surface area contributed by atoms with Gasteiger partial charge in [-0.25, -0.2) is 20.8 Å². The summed E-state index contributed by atoms with van der Waals surface area (Å²) in [5.74, 6) is 7.18. The van der Waals surface area contributed by atoms with Crippen LogP contribution in [-0.2, 0) is 7.05 Å². The predicted octanol–water partition coefficient (Wildman–Crippen LogP) is 0.471. The summed E-state index contributed by atoms with van der Waals surface area (Å²) in [6, 6.07) is 1.77. The molecular formula is C9H12N6. The molecule has 0 aromatic carbocycles. The summed E-state index contributed by atoms with van der Waals surface area (Å²) in [6.07, 6.45) is 3.55. The van der Waals surface area contributed by atoms with Crippen molar-refractivity contribution >= 4 is 5.82 Å². The molecule has 0 aliphatic carbocycles. The lowest BCUT2D eigenvalue weighted by atomic mass is 10.4. The lowest BCUT2D eigenvalue weighted by molar-refractivity contribution is 0.902. The van der Waals surface area contributed by atoms with Crippen molar-refractivity contribution in [2.75, 3.05) is 5.43 Å². The quantitative estimate of drug-likeness (QED) is 0.549. The highest BCUT2D eigenvalue weighted by Crippen LogP contribution is 2.14. The van der Waals surface area contributed by atoms with E-state index in [1.54, 1.807) is 12.3 Å². The third-order valence-corrected chi connectivity index (χ3v) is 2.02. The Morgan fingerprint density at radius 3 is 2.80 bits per heavy atom. The number of anilines is 1. The second-order valence-corrected chi connectivity index (χ2v) is 3.22. The Labute approximate surface area is 87.2 Å². The number of nitrogen functional groups attached to an aromatic ring is 1. The molecule has 0 spiro atoms. The molecular weight excluding hydrogens is 192 g/mol. The minimum atomic E-state index is 0.565. The van der Waals surface area contributed by atoms with Gasteiger partial charge in [0.25, 0.3) is 0 Å². The van der Waals surface area contributed by atoms with E-state index in [1.165, 1.54) is 0 Å². The number of nitrogens with two attached hydrogens (primary N) is 1. The first-order chi connectivity index (χ1) is 7.20. The SMILES string of the molecule is Cc1cc(NN)nc(-c2nccn2C)n1. The molecule has 0 bridgehead atoms. The molecule has 2 heterocycles. The highest BCUT2D eigenvalue weighted by atomic mass is 15.3. The molecule has 0 fully saturated rings. The first kappa shape index (κ1) is 9.60. The van der Waals surface area contributed by atoms with Crippen molar-refractivity contribution in [2.24, 2.45) is 12.9 Å². The zero-order valence-electron chi connectivity index (χ0n) is 8.60. The van der Waals surface area contributed by atoms with Crippen LogP contribution in [0.4, 0.5) is 5.82 Å². The highest BCUT2D eigenvalue weighted by Gasteiger charge is 2.08. The second-order valence-electron chi connectivity index (χ2n) is 3.22. The normalized spacial score (nSPS) is 10.3. The first-order valence-corrected chi connectivity index (χ1v) is 4.50. The maximum Gasteiger partial charge on any atom is 0.198 e. The van der Waals surface area contributed by atoms with Crippen molar-refractivity contribution in [3.8, 4) is 11.6 Å². The van der Waals surface area contributed by atoms with Crippen molar-refractivity contribution in [2.45, 2.75) is 6.92 Å². The minimum absolute atomic E-state index is 0.565. The molecule has 0 amide bonds. The molecule has 78 valence electrons. The van der Waals surface area contributed by atoms with Gasteiger partial charge in [-0.1, -0.05) is 0 Å². The zero-order chi connectivity index (χ0) is 10.8. The fraction of sp³-hybridized carbons (Fsp3) is 0.222. The number of hydrogen-bond acceptors (Lipinski definition) is 5. The van der Waals surface area contributed by atoms with Gasteiger partial charge in [0.15, 0.2) is 11.6 Å². The third kappa shape index (κ3) is 1.79. The van der Waals surface area contributed by atoms with Crippen LogP contribution in [-0.4, -0.2) is 19.5 Å². The summed E-state index contributed by atoms with van der Waals surface area (Å²) >= 11 is 0. The Morgan fingerprint density at radius 1 is 1.40 bits per heavy atom. The van der Waals surface area contributed by atoms with E-state index in [4.69, 9.17) is 5.84 Å². The van der Waals surface area contributed by atoms with Crippen LogP contribution >= 0.6 is 0 Å². The van der Waals surface area contributed by atoms with Gasteiger partial charge in [-0.3, -0.25) is 0 Å². The Bertz CT molecular complexity index is 475. The summed E-state index contributed by atoms with van der Waals surface area (Å²) in [5.41, 5.74) is 3.34. The fourth-order valence-electron chi connectivity index (χ4n) is 1.32. The molecule has 0 radical (unpaired) electrons. The van der Waals surface area contributed by atoms with Crippen molar-refractivity contribution in [3.05, 3.63) is 24.2 Å². The number of aryl methyl sites for hydroxylation is 2. The number of nitrogens with zero attached hydrogens (tertiary/aromatic N) is 4. The van der Waals surface area contributed by atoms with Gasteiger partial charge in [-0.2, -0.15) is 0 Å². The Kier molecular flexibility index (Phi) is 2.34. The lowest BCUT2D eigenvalue weighted by Gasteiger charge is -2.04. The van der Waals surface area contributed by atoms with Crippen LogP contribution in [0, 0.1) is 6.92 Å². The lowest BCUT2D eigenvalue weighted by Crippen LogP contribution is -2.10. The van der Waals surface area contributed by atoms with Gasteiger partial charge < -0.3 is 9.99 Å². The Hall–Kier alpha value is -1.95. The van der Waals surface area contributed by atoms with Crippen molar-refractivity contribution in [3.63, 3.8) is 0 Å². The average Bonchev–Trinajstić information content (AvgIpc) is 2.63. The molecule has 0 aliphatic heterocycles. The topological polar surface area (TPSA) is 81.6 Å². The highest BCUT2D eigenvalue weighted by molar-refractivity contribution is 5.49. The van der Waals surface area contributed by atoms with Crippen LogP contribution in [0.1, 0.15) is 5.69 Å². The van der Waals surface area contributed by atoms with E-state index in [0.717, 1.165) is 11.5 Å². The van der Waals surface area contributed by atoms with Gasteiger partial charge in [0.2, 0.25) is 0 Å². The van der Waals surface area contributed by atoms with Gasteiger partial charge in [0, 0.05) is 31.2 Å². The standard InChI is InChI=1S/C9H12N6/c1-6-5-7(14-10)13-8(12-6)9-11-3-4-15(9)2/h3-5H,10H2,1-2H3,(H,12,13,14). The van der Waals surface area contributed by atoms with Crippen LogP contribution < -0.4 is 11.3 Å². The third-order valence-electron chi connectivity index (χ3n) is 2.02. The van der Waals surface area contributed by atoms with Crippen LogP contribution in [0.15, 0.2) is 18.5 Å². The number of imidazole rings is 1. The predicted molar refractivity (Wildman–Crippen MR) is 56.8 cm³/mol. The summed E-state index contributed by atoms with van der Waals surface area (Å²) < 4.78 is 1.86. The number of hydrazine groups is 1. The molecule has 0 saturated heterocycles. The molecule has 0 saturated carbocycles. The number of rotatable bonds is 2.